The summed E-state index contributed by atoms with van der Waals surface area (Å²) in [5, 5.41) is 0.759. The second-order valence-electron chi connectivity index (χ2n) is 4.25. The summed E-state index contributed by atoms with van der Waals surface area (Å²) in [4.78, 5) is 0.116. The molecule has 0 N–H and O–H groups in total. The van der Waals surface area contributed by atoms with Gasteiger partial charge in [-0.3, -0.25) is 0 Å². The fraction of sp³-hybridized carbons (Fsp3) is 0.200. The molecule has 0 aliphatic carbocycles. The van der Waals surface area contributed by atoms with E-state index in [1.807, 2.05) is 30.3 Å². The van der Waals surface area contributed by atoms with Crippen LogP contribution in [0.2, 0.25) is 5.02 Å². The Morgan fingerprint density at radius 1 is 1.11 bits per heavy atom. The summed E-state index contributed by atoms with van der Waals surface area (Å²) in [6, 6.07) is 11.9. The first kappa shape index (κ1) is 14.9. The second kappa shape index (κ2) is 6.29. The molecule has 0 aromatic heterocycles. The second-order valence-corrected chi connectivity index (χ2v) is 6.46. The maximum atomic E-state index is 6.00. The molecular weight excluding hydrogens is 391 g/mol. The van der Waals surface area contributed by atoms with Gasteiger partial charge in [0.25, 0.3) is 0 Å². The van der Waals surface area contributed by atoms with Crippen LogP contribution in [-0.2, 0) is 0 Å². The van der Waals surface area contributed by atoms with E-state index >= 15 is 0 Å². The molecule has 0 amide bonds. The first-order valence-corrected chi connectivity index (χ1v) is 7.85. The summed E-state index contributed by atoms with van der Waals surface area (Å²) in [6.45, 7) is 2.06. The molecule has 0 fully saturated rings. The molecule has 1 atom stereocenters. The number of hydrogen-bond acceptors (Lipinski definition) is 1. The van der Waals surface area contributed by atoms with Crippen molar-refractivity contribution in [3.05, 3.63) is 62.6 Å². The molecule has 0 saturated heterocycles. The van der Waals surface area contributed by atoms with Crippen LogP contribution < -0.4 is 4.74 Å². The van der Waals surface area contributed by atoms with Gasteiger partial charge >= 0.3 is 0 Å². The lowest BCUT2D eigenvalue weighted by Gasteiger charge is -2.16. The van der Waals surface area contributed by atoms with E-state index in [9.17, 15) is 0 Å². The van der Waals surface area contributed by atoms with Crippen molar-refractivity contribution in [3.63, 3.8) is 0 Å². The first-order chi connectivity index (χ1) is 9.02. The zero-order valence-corrected chi connectivity index (χ0v) is 14.5. The van der Waals surface area contributed by atoms with Gasteiger partial charge in [0.05, 0.1) is 11.9 Å². The van der Waals surface area contributed by atoms with Gasteiger partial charge in [-0.05, 0) is 47.9 Å². The third-order valence-electron chi connectivity index (χ3n) is 2.99. The predicted molar refractivity (Wildman–Crippen MR) is 87.7 cm³/mol. The highest BCUT2D eigenvalue weighted by atomic mass is 79.9. The van der Waals surface area contributed by atoms with Gasteiger partial charge in [-0.2, -0.15) is 0 Å². The number of hydrogen-bond donors (Lipinski definition) is 0. The lowest BCUT2D eigenvalue weighted by molar-refractivity contribution is 0.414. The van der Waals surface area contributed by atoms with Gasteiger partial charge in [0, 0.05) is 9.50 Å². The Balaban J connectivity index is 2.41. The van der Waals surface area contributed by atoms with Crippen molar-refractivity contribution in [2.75, 3.05) is 7.11 Å². The number of methoxy groups -OCH3 is 1. The fourth-order valence-electron chi connectivity index (χ4n) is 1.93. The maximum absolute atomic E-state index is 6.00. The molecule has 0 heterocycles. The molecule has 100 valence electrons. The number of benzene rings is 2. The van der Waals surface area contributed by atoms with E-state index in [-0.39, 0.29) is 4.83 Å². The summed E-state index contributed by atoms with van der Waals surface area (Å²) in [5.74, 6) is 0.836. The molecule has 2 aromatic carbocycles. The van der Waals surface area contributed by atoms with Gasteiger partial charge in [0.15, 0.2) is 0 Å². The molecule has 0 aliphatic rings. The van der Waals surface area contributed by atoms with E-state index in [1.54, 1.807) is 7.11 Å². The Labute approximate surface area is 135 Å². The van der Waals surface area contributed by atoms with Crippen LogP contribution in [0.3, 0.4) is 0 Å². The minimum absolute atomic E-state index is 0.116. The fourth-order valence-corrected chi connectivity index (χ4v) is 3.96. The summed E-state index contributed by atoms with van der Waals surface area (Å²) in [5.41, 5.74) is 3.53. The normalized spacial score (nSPS) is 12.3. The Morgan fingerprint density at radius 3 is 2.37 bits per heavy atom. The van der Waals surface area contributed by atoms with Gasteiger partial charge in [0.2, 0.25) is 0 Å². The van der Waals surface area contributed by atoms with Gasteiger partial charge in [-0.1, -0.05) is 55.6 Å². The first-order valence-electron chi connectivity index (χ1n) is 5.76. The van der Waals surface area contributed by atoms with E-state index in [4.69, 9.17) is 16.3 Å². The minimum atomic E-state index is 0.116. The SMILES string of the molecule is COc1ccc(C(Br)c2ccc(Cl)cc2C)c(Br)c1. The number of aryl methyl sites for hydroxylation is 1. The predicted octanol–water partition coefficient (Wildman–Crippen LogP) is 5.90. The lowest BCUT2D eigenvalue weighted by atomic mass is 10.0. The van der Waals surface area contributed by atoms with Crippen molar-refractivity contribution in [1.82, 2.24) is 0 Å². The van der Waals surface area contributed by atoms with Gasteiger partial charge in [0.1, 0.15) is 5.75 Å². The molecule has 19 heavy (non-hydrogen) atoms. The Bertz CT molecular complexity index is 599. The van der Waals surface area contributed by atoms with Crippen LogP contribution in [0.15, 0.2) is 40.9 Å². The maximum Gasteiger partial charge on any atom is 0.120 e. The molecule has 0 spiro atoms. The lowest BCUT2D eigenvalue weighted by Crippen LogP contribution is -1.97. The van der Waals surface area contributed by atoms with Crippen LogP contribution in [0, 0.1) is 6.92 Å². The number of alkyl halides is 1. The largest absolute Gasteiger partial charge is 0.497 e. The summed E-state index contributed by atoms with van der Waals surface area (Å²) < 4.78 is 6.23. The van der Waals surface area contributed by atoms with Crippen LogP contribution >= 0.6 is 43.5 Å². The van der Waals surface area contributed by atoms with E-state index < -0.39 is 0 Å². The smallest absolute Gasteiger partial charge is 0.120 e. The monoisotopic (exact) mass is 402 g/mol. The molecule has 1 unspecified atom stereocenters. The molecular formula is C15H13Br2ClO. The third kappa shape index (κ3) is 3.33. The van der Waals surface area contributed by atoms with Crippen molar-refractivity contribution < 1.29 is 4.74 Å². The highest BCUT2D eigenvalue weighted by Crippen LogP contribution is 2.38. The van der Waals surface area contributed by atoms with Crippen LogP contribution in [0.4, 0.5) is 0 Å². The zero-order valence-electron chi connectivity index (χ0n) is 10.6. The number of ether oxygens (including phenoxy) is 1. The van der Waals surface area contributed by atoms with E-state index in [0.717, 1.165) is 26.4 Å². The Hall–Kier alpha value is -0.510. The van der Waals surface area contributed by atoms with Crippen LogP contribution in [0.5, 0.6) is 5.75 Å². The van der Waals surface area contributed by atoms with Gasteiger partial charge in [-0.15, -0.1) is 0 Å². The van der Waals surface area contributed by atoms with E-state index in [1.165, 1.54) is 5.56 Å². The third-order valence-corrected chi connectivity index (χ3v) is 4.89. The van der Waals surface area contributed by atoms with Crippen LogP contribution in [0.25, 0.3) is 0 Å². The van der Waals surface area contributed by atoms with Crippen molar-refractivity contribution in [3.8, 4) is 5.75 Å². The molecule has 1 nitrogen and oxygen atoms in total. The van der Waals surface area contributed by atoms with Gasteiger partial charge in [-0.25, -0.2) is 0 Å². The molecule has 0 saturated carbocycles. The van der Waals surface area contributed by atoms with Crippen molar-refractivity contribution in [2.45, 2.75) is 11.8 Å². The molecule has 2 rings (SSSR count). The standard InChI is InChI=1S/C15H13Br2ClO/c1-9-7-10(18)3-5-12(9)15(17)13-6-4-11(19-2)8-14(13)16/h3-8,15H,1-2H3. The zero-order chi connectivity index (χ0) is 14.0. The van der Waals surface area contributed by atoms with Crippen LogP contribution in [0.1, 0.15) is 21.5 Å². The summed E-state index contributed by atoms with van der Waals surface area (Å²) >= 11 is 13.3. The molecule has 4 heteroatoms. The van der Waals surface area contributed by atoms with Crippen molar-refractivity contribution in [1.29, 1.82) is 0 Å². The highest BCUT2D eigenvalue weighted by molar-refractivity contribution is 9.11. The average molecular weight is 405 g/mol. The average Bonchev–Trinajstić information content (AvgIpc) is 2.37. The minimum Gasteiger partial charge on any atom is -0.497 e. The highest BCUT2D eigenvalue weighted by Gasteiger charge is 2.16. The molecule has 2 aromatic rings. The molecule has 0 radical (unpaired) electrons. The quantitative estimate of drug-likeness (QED) is 0.579. The summed E-state index contributed by atoms with van der Waals surface area (Å²) in [6.07, 6.45) is 0. The van der Waals surface area contributed by atoms with Gasteiger partial charge < -0.3 is 4.74 Å². The summed E-state index contributed by atoms with van der Waals surface area (Å²) in [7, 11) is 1.66. The number of rotatable bonds is 3. The van der Waals surface area contributed by atoms with Crippen LogP contribution in [-0.4, -0.2) is 7.11 Å². The number of halogens is 3. The Morgan fingerprint density at radius 2 is 1.79 bits per heavy atom. The Kier molecular flexibility index (Phi) is 4.93. The van der Waals surface area contributed by atoms with Crippen molar-refractivity contribution >= 4 is 43.5 Å². The molecule has 0 bridgehead atoms. The molecule has 0 aliphatic heterocycles. The topological polar surface area (TPSA) is 9.23 Å². The van der Waals surface area contributed by atoms with E-state index in [0.29, 0.717) is 0 Å². The van der Waals surface area contributed by atoms with E-state index in [2.05, 4.69) is 44.8 Å². The van der Waals surface area contributed by atoms with Crippen molar-refractivity contribution in [2.24, 2.45) is 0 Å².